The minimum absolute atomic E-state index is 0.0184. The molecule has 0 fully saturated rings. The molecule has 1 N–H and O–H groups in total. The Morgan fingerprint density at radius 2 is 1.92 bits per heavy atom. The maximum absolute atomic E-state index is 12.7. The van der Waals surface area contributed by atoms with Crippen molar-refractivity contribution in [2.45, 2.75) is 17.7 Å². The molecule has 132 valence electrons. The number of sulfonamides is 1. The molecule has 0 spiro atoms. The van der Waals surface area contributed by atoms with Gasteiger partial charge in [0, 0.05) is 24.2 Å². The van der Waals surface area contributed by atoms with E-state index in [1.54, 1.807) is 36.2 Å². The van der Waals surface area contributed by atoms with E-state index in [9.17, 15) is 13.2 Å². The molecule has 8 heteroatoms. The zero-order valence-electron chi connectivity index (χ0n) is 13.7. The van der Waals surface area contributed by atoms with E-state index in [0.29, 0.717) is 23.6 Å². The molecule has 2 aromatic rings. The Balaban J connectivity index is 1.96. The van der Waals surface area contributed by atoms with Crippen LogP contribution in [0.3, 0.4) is 0 Å². The Labute approximate surface area is 151 Å². The third-order valence-electron chi connectivity index (χ3n) is 4.11. The summed E-state index contributed by atoms with van der Waals surface area (Å²) in [7, 11) is -0.684. The second-order valence-electron chi connectivity index (χ2n) is 5.69. The van der Waals surface area contributed by atoms with Crippen LogP contribution >= 0.6 is 11.6 Å². The first kappa shape index (κ1) is 17.6. The van der Waals surface area contributed by atoms with Crippen molar-refractivity contribution in [2.75, 3.05) is 23.8 Å². The van der Waals surface area contributed by atoms with Gasteiger partial charge in [0.15, 0.2) is 0 Å². The minimum atomic E-state index is -3.82. The number of nitrogens with one attached hydrogen (secondary N) is 1. The van der Waals surface area contributed by atoms with Gasteiger partial charge in [-0.3, -0.25) is 9.52 Å². The average molecular weight is 381 g/mol. The third-order valence-corrected chi connectivity index (χ3v) is 5.71. The van der Waals surface area contributed by atoms with Gasteiger partial charge >= 0.3 is 0 Å². The van der Waals surface area contributed by atoms with Crippen LogP contribution in [-0.4, -0.2) is 28.5 Å². The Kier molecular flexibility index (Phi) is 4.62. The van der Waals surface area contributed by atoms with Gasteiger partial charge in [0.25, 0.3) is 10.0 Å². The van der Waals surface area contributed by atoms with Crippen LogP contribution in [0, 0.1) is 0 Å². The number of amides is 1. The highest BCUT2D eigenvalue weighted by molar-refractivity contribution is 7.92. The number of anilines is 2. The van der Waals surface area contributed by atoms with Crippen LogP contribution in [0.5, 0.6) is 5.75 Å². The van der Waals surface area contributed by atoms with Gasteiger partial charge in [-0.1, -0.05) is 11.6 Å². The van der Waals surface area contributed by atoms with E-state index in [2.05, 4.69) is 4.72 Å². The number of nitrogens with zero attached hydrogens (tertiary/aromatic N) is 1. The predicted octanol–water partition coefficient (Wildman–Crippen LogP) is 3.06. The molecule has 1 heterocycles. The molecule has 1 aliphatic heterocycles. The molecule has 6 nitrogen and oxygen atoms in total. The molecule has 0 radical (unpaired) electrons. The topological polar surface area (TPSA) is 75.7 Å². The van der Waals surface area contributed by atoms with Gasteiger partial charge in [0.05, 0.1) is 17.7 Å². The van der Waals surface area contributed by atoms with Crippen LogP contribution in [0.25, 0.3) is 0 Å². The maximum atomic E-state index is 12.7. The number of hydrogen-bond acceptors (Lipinski definition) is 4. The summed E-state index contributed by atoms with van der Waals surface area (Å²) < 4.78 is 33.1. The van der Waals surface area contributed by atoms with Crippen LogP contribution in [-0.2, 0) is 21.2 Å². The summed E-state index contributed by atoms with van der Waals surface area (Å²) in [6.45, 7) is 0. The van der Waals surface area contributed by atoms with Crippen molar-refractivity contribution in [2.24, 2.45) is 0 Å². The second-order valence-corrected chi connectivity index (χ2v) is 7.81. The quantitative estimate of drug-likeness (QED) is 0.884. The number of methoxy groups -OCH3 is 1. The van der Waals surface area contributed by atoms with Crippen LogP contribution in [0.1, 0.15) is 12.0 Å². The molecule has 0 saturated heterocycles. The molecule has 0 aliphatic carbocycles. The molecular formula is C17H17ClN2O4S. The largest absolute Gasteiger partial charge is 0.495 e. The van der Waals surface area contributed by atoms with E-state index in [4.69, 9.17) is 16.3 Å². The van der Waals surface area contributed by atoms with E-state index in [0.717, 1.165) is 11.3 Å². The fraction of sp³-hybridized carbons (Fsp3) is 0.235. The van der Waals surface area contributed by atoms with Crippen LogP contribution < -0.4 is 14.4 Å². The van der Waals surface area contributed by atoms with Gasteiger partial charge < -0.3 is 9.64 Å². The summed E-state index contributed by atoms with van der Waals surface area (Å²) in [5, 5.41) is 0.393. The van der Waals surface area contributed by atoms with E-state index in [1.165, 1.54) is 19.2 Å². The number of rotatable bonds is 4. The summed E-state index contributed by atoms with van der Waals surface area (Å²) in [5.41, 5.74) is 1.82. The summed E-state index contributed by atoms with van der Waals surface area (Å²) in [6.07, 6.45) is 0.880. The lowest BCUT2D eigenvalue weighted by atomic mass is 10.0. The van der Waals surface area contributed by atoms with Crippen molar-refractivity contribution in [1.82, 2.24) is 0 Å². The van der Waals surface area contributed by atoms with Crippen molar-refractivity contribution in [1.29, 1.82) is 0 Å². The smallest absolute Gasteiger partial charge is 0.262 e. The van der Waals surface area contributed by atoms with Crippen LogP contribution in [0.4, 0.5) is 11.4 Å². The highest BCUT2D eigenvalue weighted by Crippen LogP contribution is 2.32. The molecule has 0 aromatic heterocycles. The van der Waals surface area contributed by atoms with Gasteiger partial charge in [-0.15, -0.1) is 0 Å². The molecule has 25 heavy (non-hydrogen) atoms. The molecule has 0 saturated carbocycles. The summed E-state index contributed by atoms with van der Waals surface area (Å²) in [6, 6.07) is 9.42. The summed E-state index contributed by atoms with van der Waals surface area (Å²) in [5.74, 6) is 0.390. The van der Waals surface area contributed by atoms with Crippen LogP contribution in [0.15, 0.2) is 41.3 Å². The fourth-order valence-electron chi connectivity index (χ4n) is 2.76. The first-order chi connectivity index (χ1) is 11.8. The number of aryl methyl sites for hydroxylation is 1. The molecule has 0 bridgehead atoms. The minimum Gasteiger partial charge on any atom is -0.495 e. The van der Waals surface area contributed by atoms with Gasteiger partial charge in [0.1, 0.15) is 5.75 Å². The van der Waals surface area contributed by atoms with Crippen molar-refractivity contribution >= 4 is 38.9 Å². The highest BCUT2D eigenvalue weighted by atomic mass is 35.5. The normalized spacial score (nSPS) is 14.2. The number of halogens is 1. The van der Waals surface area contributed by atoms with E-state index < -0.39 is 10.0 Å². The van der Waals surface area contributed by atoms with Gasteiger partial charge in [0.2, 0.25) is 5.91 Å². The Hall–Kier alpha value is -2.25. The molecule has 0 unspecified atom stereocenters. The summed E-state index contributed by atoms with van der Waals surface area (Å²) in [4.78, 5) is 13.4. The lowest BCUT2D eigenvalue weighted by Gasteiger charge is -2.26. The number of ether oxygens (including phenoxy) is 1. The molecule has 3 rings (SSSR count). The van der Waals surface area contributed by atoms with E-state index in [1.807, 2.05) is 0 Å². The molecule has 1 aliphatic rings. The van der Waals surface area contributed by atoms with Crippen molar-refractivity contribution in [3.05, 3.63) is 47.0 Å². The fourth-order valence-corrected chi connectivity index (χ4v) is 4.05. The maximum Gasteiger partial charge on any atom is 0.262 e. The van der Waals surface area contributed by atoms with Crippen LogP contribution in [0.2, 0.25) is 5.02 Å². The second kappa shape index (κ2) is 6.57. The van der Waals surface area contributed by atoms with Crippen molar-refractivity contribution < 1.29 is 17.9 Å². The summed E-state index contributed by atoms with van der Waals surface area (Å²) >= 11 is 5.95. The van der Waals surface area contributed by atoms with Crippen molar-refractivity contribution in [3.63, 3.8) is 0 Å². The molecule has 1 amide bonds. The molecule has 0 atom stereocenters. The van der Waals surface area contributed by atoms with E-state index in [-0.39, 0.29) is 16.5 Å². The first-order valence-electron chi connectivity index (χ1n) is 7.57. The highest BCUT2D eigenvalue weighted by Gasteiger charge is 2.24. The number of fused-ring (bicyclic) bond motifs is 1. The Morgan fingerprint density at radius 1 is 1.16 bits per heavy atom. The SMILES string of the molecule is COc1ccc(Cl)cc1NS(=O)(=O)c1ccc2c(c1)CCC(=O)N2C. The molecular weight excluding hydrogens is 364 g/mol. The van der Waals surface area contributed by atoms with Gasteiger partial charge in [-0.25, -0.2) is 8.42 Å². The molecule has 2 aromatic carbocycles. The predicted molar refractivity (Wildman–Crippen MR) is 97.0 cm³/mol. The van der Waals surface area contributed by atoms with Gasteiger partial charge in [-0.2, -0.15) is 0 Å². The first-order valence-corrected chi connectivity index (χ1v) is 9.44. The average Bonchev–Trinajstić information content (AvgIpc) is 2.58. The Bertz CT molecular complexity index is 944. The zero-order chi connectivity index (χ0) is 18.2. The number of carbonyl (C=O) groups excluding carboxylic acids is 1. The number of carbonyl (C=O) groups is 1. The monoisotopic (exact) mass is 380 g/mol. The lowest BCUT2D eigenvalue weighted by molar-refractivity contribution is -0.118. The Morgan fingerprint density at radius 3 is 2.64 bits per heavy atom. The van der Waals surface area contributed by atoms with E-state index >= 15 is 0 Å². The number of benzene rings is 2. The lowest BCUT2D eigenvalue weighted by Crippen LogP contribution is -2.31. The van der Waals surface area contributed by atoms with Crippen molar-refractivity contribution in [3.8, 4) is 5.75 Å². The standard InChI is InChI=1S/C17H17ClN2O4S/c1-20-15-6-5-13(9-11(15)3-8-17(20)21)25(22,23)19-14-10-12(18)4-7-16(14)24-2/h4-7,9-10,19H,3,8H2,1-2H3. The number of hydrogen-bond donors (Lipinski definition) is 1. The third kappa shape index (κ3) is 3.43. The zero-order valence-corrected chi connectivity index (χ0v) is 15.3. The van der Waals surface area contributed by atoms with Gasteiger partial charge in [-0.05, 0) is 48.4 Å².